The van der Waals surface area contributed by atoms with Gasteiger partial charge in [0.1, 0.15) is 11.0 Å². The Kier molecular flexibility index (Phi) is 6.38. The number of aromatic carboxylic acids is 1. The monoisotopic (exact) mass is 398 g/mol. The fourth-order valence-corrected chi connectivity index (χ4v) is 3.05. The molecule has 0 saturated heterocycles. The van der Waals surface area contributed by atoms with Gasteiger partial charge >= 0.3 is 5.97 Å². The Bertz CT molecular complexity index is 1020. The fourth-order valence-electron chi connectivity index (χ4n) is 3.05. The Morgan fingerprint density at radius 1 is 1.31 bits per heavy atom. The number of anilines is 1. The molecular weight excluding hydrogens is 372 g/mol. The molecular formula is C20H26N6O3. The molecule has 0 atom stereocenters. The van der Waals surface area contributed by atoms with Gasteiger partial charge in [0.05, 0.1) is 18.8 Å². The van der Waals surface area contributed by atoms with Crippen LogP contribution in [0.2, 0.25) is 0 Å². The van der Waals surface area contributed by atoms with Crippen LogP contribution in [-0.2, 0) is 17.7 Å². The molecule has 0 bridgehead atoms. The van der Waals surface area contributed by atoms with Gasteiger partial charge < -0.3 is 14.7 Å². The van der Waals surface area contributed by atoms with Crippen molar-refractivity contribution in [1.29, 1.82) is 0 Å². The Labute approximate surface area is 169 Å². The summed E-state index contributed by atoms with van der Waals surface area (Å²) < 4.78 is 7.07. The molecule has 0 aliphatic heterocycles. The summed E-state index contributed by atoms with van der Waals surface area (Å²) in [7, 11) is 1.87. The van der Waals surface area contributed by atoms with E-state index in [2.05, 4.69) is 15.1 Å². The van der Waals surface area contributed by atoms with E-state index in [4.69, 9.17) is 9.72 Å². The maximum atomic E-state index is 11.8. The van der Waals surface area contributed by atoms with E-state index in [1.165, 1.54) is 0 Å². The van der Waals surface area contributed by atoms with Crippen molar-refractivity contribution in [2.75, 3.05) is 31.7 Å². The van der Waals surface area contributed by atoms with Gasteiger partial charge in [-0.2, -0.15) is 5.10 Å². The molecule has 0 fully saturated rings. The Morgan fingerprint density at radius 3 is 2.76 bits per heavy atom. The van der Waals surface area contributed by atoms with Crippen molar-refractivity contribution in [1.82, 2.24) is 24.7 Å². The number of aryl methyl sites for hydroxylation is 1. The summed E-state index contributed by atoms with van der Waals surface area (Å²) in [6.07, 6.45) is 2.21. The predicted octanol–water partition coefficient (Wildman–Crippen LogP) is 2.31. The van der Waals surface area contributed by atoms with Gasteiger partial charge in [0.25, 0.3) is 0 Å². The molecule has 1 N–H and O–H groups in total. The van der Waals surface area contributed by atoms with E-state index in [1.54, 1.807) is 10.9 Å². The number of hydrogen-bond acceptors (Lipinski definition) is 7. The highest BCUT2D eigenvalue weighted by molar-refractivity contribution is 6.00. The van der Waals surface area contributed by atoms with Gasteiger partial charge in [0, 0.05) is 38.5 Å². The standard InChI is InChI=1S/C20H26N6O3/c1-5-25(4)20-22-15(12-14-11-13(3)7-8-21-14)18-16(23-20)17(19(27)28)24-26(18)9-10-29-6-2/h7-8,11H,5-6,9-10,12H2,1-4H3,(H,27,28). The van der Waals surface area contributed by atoms with Gasteiger partial charge in [-0.3, -0.25) is 9.67 Å². The first-order chi connectivity index (χ1) is 13.9. The highest BCUT2D eigenvalue weighted by Gasteiger charge is 2.23. The summed E-state index contributed by atoms with van der Waals surface area (Å²) in [5, 5.41) is 14.0. The molecule has 0 amide bonds. The third-order valence-corrected chi connectivity index (χ3v) is 4.64. The molecule has 29 heavy (non-hydrogen) atoms. The van der Waals surface area contributed by atoms with Gasteiger partial charge in [-0.25, -0.2) is 14.8 Å². The second-order valence-electron chi connectivity index (χ2n) is 6.76. The van der Waals surface area contributed by atoms with Crippen LogP contribution in [0.15, 0.2) is 18.3 Å². The van der Waals surface area contributed by atoms with Crippen molar-refractivity contribution >= 4 is 23.0 Å². The molecule has 154 valence electrons. The molecule has 3 rings (SSSR count). The summed E-state index contributed by atoms with van der Waals surface area (Å²) in [6.45, 7) is 8.00. The Hall–Kier alpha value is -3.07. The van der Waals surface area contributed by atoms with Crippen LogP contribution in [0, 0.1) is 6.92 Å². The van der Waals surface area contributed by atoms with Crippen molar-refractivity contribution in [2.45, 2.75) is 33.7 Å². The summed E-state index contributed by atoms with van der Waals surface area (Å²) in [5.74, 6) is -0.650. The summed E-state index contributed by atoms with van der Waals surface area (Å²) in [4.78, 5) is 27.4. The topological polar surface area (TPSA) is 106 Å². The minimum absolute atomic E-state index is 0.0805. The number of nitrogens with zero attached hydrogens (tertiary/aromatic N) is 6. The van der Waals surface area contributed by atoms with E-state index in [0.717, 1.165) is 11.3 Å². The molecule has 9 heteroatoms. The van der Waals surface area contributed by atoms with Crippen molar-refractivity contribution < 1.29 is 14.6 Å². The molecule has 0 aliphatic rings. The van der Waals surface area contributed by atoms with Crippen molar-refractivity contribution in [2.24, 2.45) is 0 Å². The van der Waals surface area contributed by atoms with Crippen LogP contribution in [0.5, 0.6) is 0 Å². The second kappa shape index (κ2) is 8.95. The number of aromatic nitrogens is 5. The van der Waals surface area contributed by atoms with Crippen LogP contribution < -0.4 is 4.90 Å². The largest absolute Gasteiger partial charge is 0.476 e. The summed E-state index contributed by atoms with van der Waals surface area (Å²) in [5.41, 5.74) is 3.51. The van der Waals surface area contributed by atoms with E-state index in [0.29, 0.717) is 55.4 Å². The summed E-state index contributed by atoms with van der Waals surface area (Å²) in [6, 6.07) is 3.93. The third-order valence-electron chi connectivity index (χ3n) is 4.64. The van der Waals surface area contributed by atoms with E-state index >= 15 is 0 Å². The lowest BCUT2D eigenvalue weighted by molar-refractivity contribution is 0.0690. The SMILES string of the molecule is CCOCCn1nc(C(=O)O)c2nc(N(C)CC)nc(Cc3cc(C)ccn3)c21. The number of ether oxygens (including phenoxy) is 1. The Morgan fingerprint density at radius 2 is 2.10 bits per heavy atom. The van der Waals surface area contributed by atoms with Crippen LogP contribution in [0.3, 0.4) is 0 Å². The van der Waals surface area contributed by atoms with E-state index in [-0.39, 0.29) is 5.69 Å². The molecule has 0 spiro atoms. The van der Waals surface area contributed by atoms with Crippen LogP contribution in [0.25, 0.3) is 11.0 Å². The zero-order chi connectivity index (χ0) is 21.0. The lowest BCUT2D eigenvalue weighted by Crippen LogP contribution is -2.20. The van der Waals surface area contributed by atoms with Gasteiger partial charge in [-0.05, 0) is 38.5 Å². The zero-order valence-corrected chi connectivity index (χ0v) is 17.2. The van der Waals surface area contributed by atoms with Crippen molar-refractivity contribution in [3.63, 3.8) is 0 Å². The first-order valence-corrected chi connectivity index (χ1v) is 9.65. The van der Waals surface area contributed by atoms with Crippen LogP contribution in [0.4, 0.5) is 5.95 Å². The number of carbonyl (C=O) groups is 1. The molecule has 3 heterocycles. The Balaban J connectivity index is 2.19. The average Bonchev–Trinajstić information content (AvgIpc) is 3.07. The maximum absolute atomic E-state index is 11.8. The number of fused-ring (bicyclic) bond motifs is 1. The van der Waals surface area contributed by atoms with E-state index < -0.39 is 5.97 Å². The fraction of sp³-hybridized carbons (Fsp3) is 0.450. The lowest BCUT2D eigenvalue weighted by atomic mass is 10.1. The molecule has 0 aromatic carbocycles. The predicted molar refractivity (Wildman–Crippen MR) is 109 cm³/mol. The van der Waals surface area contributed by atoms with Crippen molar-refractivity contribution in [3.05, 3.63) is 41.0 Å². The highest BCUT2D eigenvalue weighted by atomic mass is 16.5. The molecule has 3 aromatic rings. The first kappa shape index (κ1) is 20.7. The molecule has 3 aromatic heterocycles. The second-order valence-corrected chi connectivity index (χ2v) is 6.76. The number of carboxylic acid groups (broad SMARTS) is 1. The van der Waals surface area contributed by atoms with E-state index in [9.17, 15) is 9.90 Å². The lowest BCUT2D eigenvalue weighted by Gasteiger charge is -2.16. The van der Waals surface area contributed by atoms with Gasteiger partial charge in [-0.15, -0.1) is 0 Å². The quantitative estimate of drug-likeness (QED) is 0.547. The number of carboxylic acids is 1. The highest BCUT2D eigenvalue weighted by Crippen LogP contribution is 2.25. The third kappa shape index (κ3) is 4.51. The number of rotatable bonds is 9. The average molecular weight is 398 g/mol. The van der Waals surface area contributed by atoms with Crippen LogP contribution in [0.1, 0.15) is 41.3 Å². The van der Waals surface area contributed by atoms with E-state index in [1.807, 2.05) is 44.9 Å². The molecule has 0 saturated carbocycles. The van der Waals surface area contributed by atoms with Gasteiger partial charge in [0.2, 0.25) is 5.95 Å². The normalized spacial score (nSPS) is 11.2. The molecule has 9 nitrogen and oxygen atoms in total. The minimum atomic E-state index is -1.12. The minimum Gasteiger partial charge on any atom is -0.476 e. The van der Waals surface area contributed by atoms with Gasteiger partial charge in [0.15, 0.2) is 5.69 Å². The van der Waals surface area contributed by atoms with Crippen molar-refractivity contribution in [3.8, 4) is 0 Å². The molecule has 0 aliphatic carbocycles. The van der Waals surface area contributed by atoms with Crippen LogP contribution >= 0.6 is 0 Å². The zero-order valence-electron chi connectivity index (χ0n) is 17.2. The maximum Gasteiger partial charge on any atom is 0.358 e. The molecule has 0 unspecified atom stereocenters. The van der Waals surface area contributed by atoms with Gasteiger partial charge in [-0.1, -0.05) is 0 Å². The smallest absolute Gasteiger partial charge is 0.358 e. The molecule has 0 radical (unpaired) electrons. The summed E-state index contributed by atoms with van der Waals surface area (Å²) >= 11 is 0. The van der Waals surface area contributed by atoms with Crippen LogP contribution in [-0.4, -0.2) is 62.6 Å². The number of hydrogen-bond donors (Lipinski definition) is 1. The first-order valence-electron chi connectivity index (χ1n) is 9.65. The number of pyridine rings is 1.